The highest BCUT2D eigenvalue weighted by atomic mass is 16.2. The molecule has 0 aliphatic carbocycles. The first-order valence-electron chi connectivity index (χ1n) is 9.62. The molecule has 1 heterocycles. The van der Waals surface area contributed by atoms with Crippen LogP contribution in [0.2, 0.25) is 0 Å². The van der Waals surface area contributed by atoms with Crippen molar-refractivity contribution in [2.45, 2.75) is 52.5 Å². The SMILES string of the molecule is CC(C)c1cccc(C(C)C)c1NC(=O)NC(c1ccccn1)C(C)C(N)=O. The Balaban J connectivity index is 2.32. The lowest BCUT2D eigenvalue weighted by Gasteiger charge is -2.25. The summed E-state index contributed by atoms with van der Waals surface area (Å²) >= 11 is 0. The number of para-hydroxylation sites is 1. The van der Waals surface area contributed by atoms with Gasteiger partial charge in [0, 0.05) is 11.9 Å². The van der Waals surface area contributed by atoms with Crippen LogP contribution in [0.15, 0.2) is 42.6 Å². The van der Waals surface area contributed by atoms with E-state index in [1.807, 2.05) is 24.3 Å². The van der Waals surface area contributed by atoms with Gasteiger partial charge < -0.3 is 16.4 Å². The minimum Gasteiger partial charge on any atom is -0.369 e. The number of urea groups is 1. The summed E-state index contributed by atoms with van der Waals surface area (Å²) in [4.78, 5) is 28.9. The van der Waals surface area contributed by atoms with Gasteiger partial charge in [-0.1, -0.05) is 58.9 Å². The van der Waals surface area contributed by atoms with Crippen LogP contribution in [0, 0.1) is 5.92 Å². The average Bonchev–Trinajstić information content (AvgIpc) is 2.65. The van der Waals surface area contributed by atoms with E-state index in [-0.39, 0.29) is 11.8 Å². The first-order valence-corrected chi connectivity index (χ1v) is 9.62. The number of hydrogen-bond donors (Lipinski definition) is 3. The van der Waals surface area contributed by atoms with Gasteiger partial charge in [-0.3, -0.25) is 9.78 Å². The maximum atomic E-state index is 12.9. The van der Waals surface area contributed by atoms with E-state index in [2.05, 4.69) is 43.3 Å². The molecule has 28 heavy (non-hydrogen) atoms. The minimum absolute atomic E-state index is 0.255. The van der Waals surface area contributed by atoms with Gasteiger partial charge in [0.2, 0.25) is 5.91 Å². The summed E-state index contributed by atoms with van der Waals surface area (Å²) in [6.07, 6.45) is 1.63. The number of nitrogens with one attached hydrogen (secondary N) is 2. The molecule has 0 saturated carbocycles. The maximum Gasteiger partial charge on any atom is 0.319 e. The number of nitrogens with two attached hydrogens (primary N) is 1. The number of amides is 3. The molecule has 6 nitrogen and oxygen atoms in total. The van der Waals surface area contributed by atoms with Crippen LogP contribution in [0.3, 0.4) is 0 Å². The van der Waals surface area contributed by atoms with Crippen LogP contribution in [0.1, 0.15) is 69.3 Å². The van der Waals surface area contributed by atoms with Crippen molar-refractivity contribution < 1.29 is 9.59 Å². The van der Waals surface area contributed by atoms with Crippen molar-refractivity contribution in [3.05, 3.63) is 59.4 Å². The number of pyridine rings is 1. The lowest BCUT2D eigenvalue weighted by molar-refractivity contribution is -0.122. The second kappa shape index (κ2) is 9.35. The van der Waals surface area contributed by atoms with Crippen molar-refractivity contribution in [2.24, 2.45) is 11.7 Å². The molecule has 150 valence electrons. The molecule has 0 radical (unpaired) electrons. The zero-order valence-corrected chi connectivity index (χ0v) is 17.2. The Morgan fingerprint density at radius 1 is 0.929 bits per heavy atom. The molecular formula is C22H30N4O2. The summed E-state index contributed by atoms with van der Waals surface area (Å²) in [6, 6.07) is 10.4. The third-order valence-electron chi connectivity index (χ3n) is 4.85. The number of carbonyl (C=O) groups excluding carboxylic acids is 2. The Morgan fingerprint density at radius 2 is 1.54 bits per heavy atom. The molecule has 1 aromatic heterocycles. The summed E-state index contributed by atoms with van der Waals surface area (Å²) in [7, 11) is 0. The number of anilines is 1. The fourth-order valence-corrected chi connectivity index (χ4v) is 3.17. The summed E-state index contributed by atoms with van der Waals surface area (Å²) in [5.41, 5.74) is 9.03. The smallest absolute Gasteiger partial charge is 0.319 e. The quantitative estimate of drug-likeness (QED) is 0.665. The molecule has 2 rings (SSSR count). The van der Waals surface area contributed by atoms with E-state index in [9.17, 15) is 9.59 Å². The van der Waals surface area contributed by atoms with Crippen LogP contribution < -0.4 is 16.4 Å². The second-order valence-electron chi connectivity index (χ2n) is 7.64. The molecule has 0 aliphatic rings. The number of aromatic nitrogens is 1. The van der Waals surface area contributed by atoms with Crippen LogP contribution in [0.5, 0.6) is 0 Å². The van der Waals surface area contributed by atoms with Crippen LogP contribution >= 0.6 is 0 Å². The summed E-state index contributed by atoms with van der Waals surface area (Å²) in [6.45, 7) is 10.1. The Labute approximate surface area is 166 Å². The molecule has 0 saturated heterocycles. The van der Waals surface area contributed by atoms with Gasteiger partial charge in [0.15, 0.2) is 0 Å². The fourth-order valence-electron chi connectivity index (χ4n) is 3.17. The first-order chi connectivity index (χ1) is 13.2. The molecule has 1 aromatic carbocycles. The monoisotopic (exact) mass is 382 g/mol. The van der Waals surface area contributed by atoms with Gasteiger partial charge >= 0.3 is 6.03 Å². The Hall–Kier alpha value is -2.89. The molecule has 0 spiro atoms. The molecule has 6 heteroatoms. The van der Waals surface area contributed by atoms with E-state index in [1.165, 1.54) is 0 Å². The van der Waals surface area contributed by atoms with Gasteiger partial charge in [0.05, 0.1) is 17.7 Å². The molecule has 0 aliphatic heterocycles. The van der Waals surface area contributed by atoms with E-state index in [4.69, 9.17) is 5.73 Å². The molecule has 0 bridgehead atoms. The molecule has 2 atom stereocenters. The first kappa shape index (κ1) is 21.4. The summed E-state index contributed by atoms with van der Waals surface area (Å²) in [5.74, 6) is -0.595. The standard InChI is InChI=1S/C22H30N4O2/c1-13(2)16-9-8-10-17(14(3)4)20(16)26-22(28)25-19(15(5)21(23)27)18-11-6-7-12-24-18/h6-15,19H,1-5H3,(H2,23,27)(H2,25,26,28). The Bertz CT molecular complexity index is 792. The van der Waals surface area contributed by atoms with Gasteiger partial charge in [-0.05, 0) is 35.1 Å². The number of rotatable bonds is 7. The number of benzene rings is 1. The van der Waals surface area contributed by atoms with Gasteiger partial charge in [-0.25, -0.2) is 4.79 Å². The number of nitrogens with zero attached hydrogens (tertiary/aromatic N) is 1. The van der Waals surface area contributed by atoms with Crippen molar-refractivity contribution in [3.8, 4) is 0 Å². The predicted molar refractivity (Wildman–Crippen MR) is 112 cm³/mol. The van der Waals surface area contributed by atoms with E-state index in [1.54, 1.807) is 25.3 Å². The van der Waals surface area contributed by atoms with Gasteiger partial charge in [-0.15, -0.1) is 0 Å². The minimum atomic E-state index is -0.618. The van der Waals surface area contributed by atoms with Crippen molar-refractivity contribution in [3.63, 3.8) is 0 Å². The lowest BCUT2D eigenvalue weighted by Crippen LogP contribution is -2.40. The van der Waals surface area contributed by atoms with Crippen molar-refractivity contribution >= 4 is 17.6 Å². The molecule has 0 fully saturated rings. The average molecular weight is 383 g/mol. The summed E-state index contributed by atoms with van der Waals surface area (Å²) < 4.78 is 0. The lowest BCUT2D eigenvalue weighted by atomic mass is 9.92. The molecule has 4 N–H and O–H groups in total. The Kier molecular flexibility index (Phi) is 7.15. The molecule has 2 aromatic rings. The van der Waals surface area contributed by atoms with Crippen LogP contribution in [-0.4, -0.2) is 16.9 Å². The highest BCUT2D eigenvalue weighted by Crippen LogP contribution is 2.32. The van der Waals surface area contributed by atoms with Crippen LogP contribution in [-0.2, 0) is 4.79 Å². The fraction of sp³-hybridized carbons (Fsp3) is 0.409. The van der Waals surface area contributed by atoms with Gasteiger partial charge in [-0.2, -0.15) is 0 Å². The number of hydrogen-bond acceptors (Lipinski definition) is 3. The van der Waals surface area contributed by atoms with E-state index in [0.29, 0.717) is 5.69 Å². The van der Waals surface area contributed by atoms with E-state index < -0.39 is 23.9 Å². The van der Waals surface area contributed by atoms with Crippen molar-refractivity contribution in [1.29, 1.82) is 0 Å². The number of carbonyl (C=O) groups is 2. The normalized spacial score (nSPS) is 13.2. The van der Waals surface area contributed by atoms with E-state index in [0.717, 1.165) is 16.8 Å². The van der Waals surface area contributed by atoms with Crippen LogP contribution in [0.4, 0.5) is 10.5 Å². The maximum absolute atomic E-state index is 12.9. The molecule has 3 amide bonds. The van der Waals surface area contributed by atoms with Gasteiger partial charge in [0.25, 0.3) is 0 Å². The number of primary amides is 1. The van der Waals surface area contributed by atoms with Crippen molar-refractivity contribution in [1.82, 2.24) is 10.3 Å². The molecule has 2 unspecified atom stereocenters. The van der Waals surface area contributed by atoms with E-state index >= 15 is 0 Å². The zero-order chi connectivity index (χ0) is 20.8. The highest BCUT2D eigenvalue weighted by Gasteiger charge is 2.27. The topological polar surface area (TPSA) is 97.1 Å². The van der Waals surface area contributed by atoms with Gasteiger partial charge in [0.1, 0.15) is 0 Å². The third kappa shape index (κ3) is 5.09. The Morgan fingerprint density at radius 3 is 2.00 bits per heavy atom. The van der Waals surface area contributed by atoms with Crippen molar-refractivity contribution in [2.75, 3.05) is 5.32 Å². The van der Waals surface area contributed by atoms with Crippen LogP contribution in [0.25, 0.3) is 0 Å². The largest absolute Gasteiger partial charge is 0.369 e. The second-order valence-corrected chi connectivity index (χ2v) is 7.64. The highest BCUT2D eigenvalue weighted by molar-refractivity contribution is 5.92. The summed E-state index contributed by atoms with van der Waals surface area (Å²) in [5, 5.41) is 5.89. The predicted octanol–water partition coefficient (Wildman–Crippen LogP) is 4.31. The third-order valence-corrected chi connectivity index (χ3v) is 4.85. The molecular weight excluding hydrogens is 352 g/mol. The zero-order valence-electron chi connectivity index (χ0n) is 17.2.